The molecule has 0 aromatic heterocycles. The fourth-order valence-corrected chi connectivity index (χ4v) is 1.67. The van der Waals surface area contributed by atoms with E-state index >= 15 is 0 Å². The number of hydrogen-bond donors (Lipinski definition) is 1. The first kappa shape index (κ1) is 10.4. The van der Waals surface area contributed by atoms with Crippen LogP contribution in [-0.2, 0) is 0 Å². The second-order valence-corrected chi connectivity index (χ2v) is 3.87. The minimum absolute atomic E-state index is 0.0840. The van der Waals surface area contributed by atoms with Gasteiger partial charge in [-0.25, -0.2) is 8.78 Å². The average Bonchev–Trinajstić information content (AvgIpc) is 3.03. The van der Waals surface area contributed by atoms with Crippen molar-refractivity contribution in [3.05, 3.63) is 29.3 Å². The molecule has 1 atom stereocenters. The molecule has 2 nitrogen and oxygen atoms in total. The Balaban J connectivity index is 2.34. The topological polar surface area (TPSA) is 35.2 Å². The van der Waals surface area contributed by atoms with Gasteiger partial charge in [0.25, 0.3) is 0 Å². The Morgan fingerprint density at radius 2 is 2.00 bits per heavy atom. The van der Waals surface area contributed by atoms with Crippen LogP contribution in [0.15, 0.2) is 12.1 Å². The molecule has 1 aromatic rings. The highest BCUT2D eigenvalue weighted by molar-refractivity contribution is 5.33. The Hall–Kier alpha value is -1.16. The zero-order chi connectivity index (χ0) is 11.0. The molecule has 2 N–H and O–H groups in total. The predicted molar refractivity (Wildman–Crippen MR) is 52.6 cm³/mol. The molecule has 15 heavy (non-hydrogen) atoms. The van der Waals surface area contributed by atoms with E-state index in [1.165, 1.54) is 7.11 Å². The van der Waals surface area contributed by atoms with Gasteiger partial charge in [0.1, 0.15) is 5.82 Å². The molecular weight excluding hydrogens is 200 g/mol. The van der Waals surface area contributed by atoms with Crippen molar-refractivity contribution in [3.8, 4) is 5.75 Å². The van der Waals surface area contributed by atoms with Crippen LogP contribution in [0.4, 0.5) is 8.78 Å². The Labute approximate surface area is 87.0 Å². The highest BCUT2D eigenvalue weighted by Gasteiger charge is 2.31. The first-order chi connectivity index (χ1) is 7.13. The maximum atomic E-state index is 13.5. The molecule has 0 spiro atoms. The summed E-state index contributed by atoms with van der Waals surface area (Å²) in [4.78, 5) is 0. The number of hydrogen-bond acceptors (Lipinski definition) is 2. The van der Waals surface area contributed by atoms with Crippen LogP contribution in [0.25, 0.3) is 0 Å². The van der Waals surface area contributed by atoms with Crippen molar-refractivity contribution in [2.24, 2.45) is 11.7 Å². The standard InChI is InChI=1S/C11H13F2NO/c1-15-10-5-8(12)7(4-9(10)13)11(14)6-2-3-6/h4-6,11H,2-3,14H2,1H3/t11-/m1/s1. The summed E-state index contributed by atoms with van der Waals surface area (Å²) < 4.78 is 31.5. The second kappa shape index (κ2) is 3.77. The van der Waals surface area contributed by atoms with Crippen LogP contribution in [0.5, 0.6) is 5.75 Å². The molecule has 1 fully saturated rings. The fourth-order valence-electron chi connectivity index (χ4n) is 1.67. The number of methoxy groups -OCH3 is 1. The van der Waals surface area contributed by atoms with Crippen LogP contribution in [-0.4, -0.2) is 7.11 Å². The molecule has 1 aromatic carbocycles. The van der Waals surface area contributed by atoms with E-state index in [4.69, 9.17) is 5.73 Å². The lowest BCUT2D eigenvalue weighted by Gasteiger charge is -2.13. The van der Waals surface area contributed by atoms with Crippen LogP contribution in [0.2, 0.25) is 0 Å². The molecule has 0 saturated heterocycles. The van der Waals surface area contributed by atoms with Gasteiger partial charge < -0.3 is 10.5 Å². The maximum Gasteiger partial charge on any atom is 0.165 e. The molecule has 4 heteroatoms. The van der Waals surface area contributed by atoms with Crippen molar-refractivity contribution in [1.29, 1.82) is 0 Å². The van der Waals surface area contributed by atoms with Gasteiger partial charge in [-0.2, -0.15) is 0 Å². The molecule has 1 saturated carbocycles. The SMILES string of the molecule is COc1cc(F)c([C@H](N)C2CC2)cc1F. The minimum atomic E-state index is -0.565. The molecule has 0 aliphatic heterocycles. The number of nitrogens with two attached hydrogens (primary N) is 1. The second-order valence-electron chi connectivity index (χ2n) is 3.87. The third kappa shape index (κ3) is 1.95. The van der Waals surface area contributed by atoms with Crippen molar-refractivity contribution >= 4 is 0 Å². The van der Waals surface area contributed by atoms with Gasteiger partial charge in [-0.05, 0) is 24.8 Å². The summed E-state index contributed by atoms with van der Waals surface area (Å²) in [5.41, 5.74) is 6.06. The first-order valence-electron chi connectivity index (χ1n) is 4.92. The molecule has 0 bridgehead atoms. The van der Waals surface area contributed by atoms with Crippen molar-refractivity contribution in [1.82, 2.24) is 0 Å². The van der Waals surface area contributed by atoms with E-state index in [9.17, 15) is 8.78 Å². The first-order valence-corrected chi connectivity index (χ1v) is 4.92. The van der Waals surface area contributed by atoms with Gasteiger partial charge >= 0.3 is 0 Å². The quantitative estimate of drug-likeness (QED) is 0.836. The summed E-state index contributed by atoms with van der Waals surface area (Å²) in [6, 6.07) is 1.79. The molecule has 82 valence electrons. The predicted octanol–water partition coefficient (Wildman–Crippen LogP) is 2.38. The Morgan fingerprint density at radius 3 is 2.53 bits per heavy atom. The van der Waals surface area contributed by atoms with Gasteiger partial charge in [0, 0.05) is 17.7 Å². The molecule has 0 unspecified atom stereocenters. The lowest BCUT2D eigenvalue weighted by atomic mass is 10.0. The molecule has 0 heterocycles. The van der Waals surface area contributed by atoms with Crippen molar-refractivity contribution in [2.75, 3.05) is 7.11 Å². The van der Waals surface area contributed by atoms with Crippen molar-refractivity contribution < 1.29 is 13.5 Å². The highest BCUT2D eigenvalue weighted by Crippen LogP contribution is 2.40. The minimum Gasteiger partial charge on any atom is -0.494 e. The Bertz CT molecular complexity index is 377. The van der Waals surface area contributed by atoms with Crippen LogP contribution in [0.3, 0.4) is 0 Å². The van der Waals surface area contributed by atoms with Crippen LogP contribution in [0.1, 0.15) is 24.4 Å². The highest BCUT2D eigenvalue weighted by atomic mass is 19.1. The summed E-state index contributed by atoms with van der Waals surface area (Å²) in [7, 11) is 1.30. The molecule has 0 radical (unpaired) electrons. The van der Waals surface area contributed by atoms with Gasteiger partial charge in [-0.1, -0.05) is 0 Å². The Kier molecular flexibility index (Phi) is 2.61. The summed E-state index contributed by atoms with van der Waals surface area (Å²) in [5.74, 6) is -0.843. The maximum absolute atomic E-state index is 13.5. The summed E-state index contributed by atoms with van der Waals surface area (Å²) in [5, 5.41) is 0. The van der Waals surface area contributed by atoms with Crippen molar-refractivity contribution in [3.63, 3.8) is 0 Å². The molecule has 2 rings (SSSR count). The van der Waals surface area contributed by atoms with E-state index < -0.39 is 17.7 Å². The van der Waals surface area contributed by atoms with Crippen molar-refractivity contribution in [2.45, 2.75) is 18.9 Å². The lowest BCUT2D eigenvalue weighted by molar-refractivity contribution is 0.380. The van der Waals surface area contributed by atoms with Crippen LogP contribution < -0.4 is 10.5 Å². The van der Waals surface area contributed by atoms with Gasteiger partial charge in [-0.3, -0.25) is 0 Å². The summed E-state index contributed by atoms with van der Waals surface area (Å²) in [6.07, 6.45) is 1.99. The van der Waals surface area contributed by atoms with E-state index in [-0.39, 0.29) is 11.3 Å². The Morgan fingerprint density at radius 1 is 1.33 bits per heavy atom. The zero-order valence-corrected chi connectivity index (χ0v) is 8.47. The lowest BCUT2D eigenvalue weighted by Crippen LogP contribution is -2.14. The van der Waals surface area contributed by atoms with E-state index in [0.29, 0.717) is 5.92 Å². The third-order valence-electron chi connectivity index (χ3n) is 2.76. The molecule has 1 aliphatic carbocycles. The van der Waals surface area contributed by atoms with Gasteiger partial charge in [0.15, 0.2) is 11.6 Å². The molecular formula is C11H13F2NO. The smallest absolute Gasteiger partial charge is 0.165 e. The monoisotopic (exact) mass is 213 g/mol. The fraction of sp³-hybridized carbons (Fsp3) is 0.455. The largest absolute Gasteiger partial charge is 0.494 e. The summed E-state index contributed by atoms with van der Waals surface area (Å²) in [6.45, 7) is 0. The number of benzene rings is 1. The number of ether oxygens (including phenoxy) is 1. The number of rotatable bonds is 3. The van der Waals surface area contributed by atoms with Gasteiger partial charge in [0.05, 0.1) is 7.11 Å². The van der Waals surface area contributed by atoms with E-state index in [1.807, 2.05) is 0 Å². The van der Waals surface area contributed by atoms with E-state index in [2.05, 4.69) is 4.74 Å². The van der Waals surface area contributed by atoms with E-state index in [0.717, 1.165) is 25.0 Å². The summed E-state index contributed by atoms with van der Waals surface area (Å²) >= 11 is 0. The number of halogens is 2. The normalized spacial score (nSPS) is 17.6. The average molecular weight is 213 g/mol. The van der Waals surface area contributed by atoms with Gasteiger partial charge in [-0.15, -0.1) is 0 Å². The molecule has 0 amide bonds. The van der Waals surface area contributed by atoms with Crippen LogP contribution in [0, 0.1) is 17.6 Å². The molecule has 1 aliphatic rings. The third-order valence-corrected chi connectivity index (χ3v) is 2.76. The zero-order valence-electron chi connectivity index (χ0n) is 8.47. The van der Waals surface area contributed by atoms with E-state index in [1.54, 1.807) is 0 Å². The van der Waals surface area contributed by atoms with Crippen LogP contribution >= 0.6 is 0 Å². The van der Waals surface area contributed by atoms with Gasteiger partial charge in [0.2, 0.25) is 0 Å².